The number of hydrogen-bond donors (Lipinski definition) is 2. The number of para-hydroxylation sites is 1. The highest BCUT2D eigenvalue weighted by molar-refractivity contribution is 8.19. The van der Waals surface area contributed by atoms with Gasteiger partial charge in [0, 0.05) is 12.1 Å². The van der Waals surface area contributed by atoms with Crippen molar-refractivity contribution in [3.63, 3.8) is 0 Å². The molecule has 1 aromatic carbocycles. The quantitative estimate of drug-likeness (QED) is 0.381. The molecule has 3 heterocycles. The van der Waals surface area contributed by atoms with E-state index in [4.69, 9.17) is 15.6 Å². The topological polar surface area (TPSA) is 165 Å². The Morgan fingerprint density at radius 1 is 1.25 bits per heavy atom. The van der Waals surface area contributed by atoms with Gasteiger partial charge in [-0.2, -0.15) is 0 Å². The van der Waals surface area contributed by atoms with Gasteiger partial charge in [0.1, 0.15) is 11.5 Å². The Morgan fingerprint density at radius 3 is 2.75 bits per heavy atom. The maximum absolute atomic E-state index is 12.6. The number of nitro groups is 1. The van der Waals surface area contributed by atoms with E-state index in [2.05, 4.69) is 14.9 Å². The van der Waals surface area contributed by atoms with Crippen molar-refractivity contribution in [2.24, 2.45) is 0 Å². The summed E-state index contributed by atoms with van der Waals surface area (Å²) in [5.74, 6) is -0.139. The van der Waals surface area contributed by atoms with Crippen LogP contribution >= 0.6 is 11.8 Å². The van der Waals surface area contributed by atoms with Gasteiger partial charge < -0.3 is 10.2 Å². The third kappa shape index (κ3) is 2.91. The Bertz CT molecular complexity index is 1150. The first-order valence-electron chi connectivity index (χ1n) is 7.70. The Morgan fingerprint density at radius 2 is 2.04 bits per heavy atom. The van der Waals surface area contributed by atoms with E-state index >= 15 is 0 Å². The molecule has 1 fully saturated rings. The Labute approximate surface area is 160 Å². The van der Waals surface area contributed by atoms with E-state index in [9.17, 15) is 14.9 Å². The van der Waals surface area contributed by atoms with Crippen molar-refractivity contribution in [1.29, 1.82) is 5.41 Å². The molecule has 28 heavy (non-hydrogen) atoms. The number of hydrogen-bond acceptors (Lipinski definition) is 10. The SMILES string of the molecule is N=C1S/C(=C\c2ccc(-c3ccccc3[N+](=O)[O-])o2)C(=O)N1c1nonc1N. The average Bonchev–Trinajstić information content (AvgIpc) is 3.36. The maximum atomic E-state index is 12.6. The van der Waals surface area contributed by atoms with Crippen LogP contribution in [0.15, 0.2) is 50.3 Å². The molecule has 1 saturated heterocycles. The molecule has 0 radical (unpaired) electrons. The number of thioether (sulfide) groups is 1. The van der Waals surface area contributed by atoms with Crippen molar-refractivity contribution in [2.75, 3.05) is 10.6 Å². The normalized spacial score (nSPS) is 15.6. The Hall–Kier alpha value is -3.93. The van der Waals surface area contributed by atoms with Crippen LogP contribution in [0, 0.1) is 15.5 Å². The van der Waals surface area contributed by atoms with E-state index in [0.717, 1.165) is 16.7 Å². The van der Waals surface area contributed by atoms with Gasteiger partial charge in [0.2, 0.25) is 11.6 Å². The van der Waals surface area contributed by atoms with E-state index in [1.807, 2.05) is 0 Å². The fourth-order valence-corrected chi connectivity index (χ4v) is 3.39. The maximum Gasteiger partial charge on any atom is 0.280 e. The summed E-state index contributed by atoms with van der Waals surface area (Å²) in [6.45, 7) is 0. The summed E-state index contributed by atoms with van der Waals surface area (Å²) in [4.78, 5) is 24.4. The van der Waals surface area contributed by atoms with Crippen molar-refractivity contribution in [3.05, 3.63) is 57.2 Å². The minimum Gasteiger partial charge on any atom is -0.456 e. The van der Waals surface area contributed by atoms with E-state index in [0.29, 0.717) is 11.3 Å². The zero-order chi connectivity index (χ0) is 19.8. The standard InChI is InChI=1S/C16H10N6O5S/c17-13-14(20-27-19-13)21-15(23)12(28-16(21)18)7-8-5-6-11(26-8)9-3-1-2-4-10(9)22(24)25/h1-7,18H,(H2,17,19)/b12-7-,18-16?. The molecular weight excluding hydrogens is 388 g/mol. The molecule has 0 unspecified atom stereocenters. The number of furan rings is 1. The lowest BCUT2D eigenvalue weighted by atomic mass is 10.1. The van der Waals surface area contributed by atoms with Crippen LogP contribution in [-0.2, 0) is 4.79 Å². The second-order valence-electron chi connectivity index (χ2n) is 5.51. The third-order valence-corrected chi connectivity index (χ3v) is 4.69. The van der Waals surface area contributed by atoms with Gasteiger partial charge in [-0.3, -0.25) is 20.3 Å². The molecule has 12 heteroatoms. The zero-order valence-corrected chi connectivity index (χ0v) is 14.7. The summed E-state index contributed by atoms with van der Waals surface area (Å²) >= 11 is 0.884. The number of anilines is 2. The molecule has 0 atom stereocenters. The lowest BCUT2D eigenvalue weighted by Gasteiger charge is -2.08. The molecule has 0 bridgehead atoms. The summed E-state index contributed by atoms with van der Waals surface area (Å²) in [7, 11) is 0. The number of nitrogens with one attached hydrogen (secondary N) is 1. The molecule has 3 N–H and O–H groups in total. The van der Waals surface area contributed by atoms with Gasteiger partial charge in [0.05, 0.1) is 15.4 Å². The number of nitrogens with two attached hydrogens (primary N) is 1. The van der Waals surface area contributed by atoms with Gasteiger partial charge in [0.25, 0.3) is 11.6 Å². The van der Waals surface area contributed by atoms with Crippen LogP contribution < -0.4 is 10.6 Å². The number of benzene rings is 1. The number of amides is 1. The van der Waals surface area contributed by atoms with Crippen LogP contribution in [0.25, 0.3) is 17.4 Å². The van der Waals surface area contributed by atoms with Crippen LogP contribution in [0.4, 0.5) is 17.3 Å². The van der Waals surface area contributed by atoms with Gasteiger partial charge >= 0.3 is 0 Å². The number of carbonyl (C=O) groups excluding carboxylic acids is 1. The second-order valence-corrected chi connectivity index (χ2v) is 6.54. The van der Waals surface area contributed by atoms with Crippen molar-refractivity contribution >= 4 is 46.2 Å². The lowest BCUT2D eigenvalue weighted by molar-refractivity contribution is -0.384. The molecule has 2 aromatic heterocycles. The Kier molecular flexibility index (Phi) is 4.16. The van der Waals surface area contributed by atoms with Crippen molar-refractivity contribution in [1.82, 2.24) is 10.3 Å². The minimum absolute atomic E-state index is 0.0639. The molecule has 1 aliphatic rings. The number of amidine groups is 1. The van der Waals surface area contributed by atoms with Gasteiger partial charge in [-0.25, -0.2) is 9.53 Å². The van der Waals surface area contributed by atoms with Gasteiger partial charge in [0.15, 0.2) is 5.17 Å². The molecule has 1 amide bonds. The fourth-order valence-electron chi connectivity index (χ4n) is 2.57. The molecule has 0 saturated carbocycles. The van der Waals surface area contributed by atoms with Crippen LogP contribution in [0.5, 0.6) is 0 Å². The largest absolute Gasteiger partial charge is 0.456 e. The predicted molar refractivity (Wildman–Crippen MR) is 100 cm³/mol. The number of nitro benzene ring substituents is 1. The number of carbonyl (C=O) groups is 1. The van der Waals surface area contributed by atoms with Gasteiger partial charge in [-0.05, 0) is 40.3 Å². The molecule has 0 aliphatic carbocycles. The zero-order valence-electron chi connectivity index (χ0n) is 13.9. The monoisotopic (exact) mass is 398 g/mol. The number of aromatic nitrogens is 2. The summed E-state index contributed by atoms with van der Waals surface area (Å²) in [5, 5.41) is 26.0. The second kappa shape index (κ2) is 6.66. The van der Waals surface area contributed by atoms with Crippen LogP contribution in [0.1, 0.15) is 5.76 Å². The minimum atomic E-state index is -0.541. The lowest BCUT2D eigenvalue weighted by Crippen LogP contribution is -2.29. The molecule has 140 valence electrons. The van der Waals surface area contributed by atoms with E-state index in [-0.39, 0.29) is 33.2 Å². The molecular formula is C16H10N6O5S. The molecule has 1 aliphatic heterocycles. The number of nitrogens with zero attached hydrogens (tertiary/aromatic N) is 4. The number of nitrogen functional groups attached to an aromatic ring is 1. The van der Waals surface area contributed by atoms with Crippen LogP contribution in [0.2, 0.25) is 0 Å². The highest BCUT2D eigenvalue weighted by Crippen LogP contribution is 2.37. The van der Waals surface area contributed by atoms with Crippen LogP contribution in [-0.4, -0.2) is 26.3 Å². The van der Waals surface area contributed by atoms with Crippen LogP contribution in [0.3, 0.4) is 0 Å². The smallest absolute Gasteiger partial charge is 0.280 e. The molecule has 11 nitrogen and oxygen atoms in total. The highest BCUT2D eigenvalue weighted by Gasteiger charge is 2.37. The average molecular weight is 398 g/mol. The predicted octanol–water partition coefficient (Wildman–Crippen LogP) is 2.88. The summed E-state index contributed by atoms with van der Waals surface area (Å²) < 4.78 is 10.1. The van der Waals surface area contributed by atoms with Gasteiger partial charge in [-0.15, -0.1) is 0 Å². The van der Waals surface area contributed by atoms with E-state index < -0.39 is 10.8 Å². The first kappa shape index (κ1) is 17.5. The van der Waals surface area contributed by atoms with E-state index in [1.54, 1.807) is 30.3 Å². The summed E-state index contributed by atoms with van der Waals surface area (Å²) in [5.41, 5.74) is 5.81. The van der Waals surface area contributed by atoms with Crippen molar-refractivity contribution < 1.29 is 18.8 Å². The van der Waals surface area contributed by atoms with Crippen molar-refractivity contribution in [2.45, 2.75) is 0 Å². The fraction of sp³-hybridized carbons (Fsp3) is 0. The first-order valence-corrected chi connectivity index (χ1v) is 8.51. The summed E-state index contributed by atoms with van der Waals surface area (Å²) in [6.07, 6.45) is 1.43. The van der Waals surface area contributed by atoms with E-state index in [1.165, 1.54) is 12.1 Å². The molecule has 0 spiro atoms. The molecule has 3 aromatic rings. The molecule has 4 rings (SSSR count). The van der Waals surface area contributed by atoms with Crippen molar-refractivity contribution in [3.8, 4) is 11.3 Å². The highest BCUT2D eigenvalue weighted by atomic mass is 32.2. The third-order valence-electron chi connectivity index (χ3n) is 3.80. The first-order chi connectivity index (χ1) is 13.5. The Balaban J connectivity index is 1.65. The number of rotatable bonds is 4. The summed E-state index contributed by atoms with van der Waals surface area (Å²) in [6, 6.07) is 9.32. The van der Waals surface area contributed by atoms with Gasteiger partial charge in [-0.1, -0.05) is 12.1 Å².